The van der Waals surface area contributed by atoms with E-state index in [-0.39, 0.29) is 18.3 Å². The zero-order chi connectivity index (χ0) is 21.4. The van der Waals surface area contributed by atoms with Gasteiger partial charge in [0, 0.05) is 34.4 Å². The van der Waals surface area contributed by atoms with Gasteiger partial charge in [-0.05, 0) is 25.1 Å². The molecule has 6 heteroatoms. The van der Waals surface area contributed by atoms with E-state index in [0.29, 0.717) is 29.2 Å². The number of rotatable bonds is 6. The van der Waals surface area contributed by atoms with Gasteiger partial charge in [-0.3, -0.25) is 4.79 Å². The molecule has 0 fully saturated rings. The van der Waals surface area contributed by atoms with Crippen molar-refractivity contribution in [3.05, 3.63) is 72.0 Å². The van der Waals surface area contributed by atoms with Gasteiger partial charge in [0.25, 0.3) is 5.91 Å². The minimum atomic E-state index is -0.375. The van der Waals surface area contributed by atoms with Gasteiger partial charge in [-0.1, -0.05) is 36.4 Å². The van der Waals surface area contributed by atoms with Crippen LogP contribution in [0.4, 0.5) is 5.69 Å². The second kappa shape index (κ2) is 7.81. The number of fused-ring (bicyclic) bond motifs is 4. The summed E-state index contributed by atoms with van der Waals surface area (Å²) in [7, 11) is 1.57. The summed E-state index contributed by atoms with van der Waals surface area (Å²) >= 11 is 0. The molecule has 0 aliphatic carbocycles. The molecule has 0 bridgehead atoms. The van der Waals surface area contributed by atoms with Gasteiger partial charge < -0.3 is 23.6 Å². The van der Waals surface area contributed by atoms with Crippen molar-refractivity contribution in [2.45, 2.75) is 13.5 Å². The van der Waals surface area contributed by atoms with Crippen molar-refractivity contribution >= 4 is 44.5 Å². The lowest BCUT2D eigenvalue weighted by molar-refractivity contribution is 0.0984. The first kappa shape index (κ1) is 19.2. The molecule has 2 heterocycles. The Morgan fingerprint density at radius 2 is 1.61 bits per heavy atom. The van der Waals surface area contributed by atoms with Gasteiger partial charge in [0.05, 0.1) is 19.4 Å². The number of anilines is 1. The maximum Gasteiger partial charge on any atom is 0.291 e. The van der Waals surface area contributed by atoms with Crippen LogP contribution in [0.3, 0.4) is 0 Å². The summed E-state index contributed by atoms with van der Waals surface area (Å²) in [5.41, 5.74) is 3.30. The maximum absolute atomic E-state index is 13.2. The number of benzene rings is 3. The van der Waals surface area contributed by atoms with Crippen LogP contribution in [0.1, 0.15) is 23.0 Å². The summed E-state index contributed by atoms with van der Waals surface area (Å²) < 4.78 is 23.0. The number of ether oxygens (including phenoxy) is 2. The Morgan fingerprint density at radius 1 is 0.903 bits per heavy atom. The van der Waals surface area contributed by atoms with Crippen molar-refractivity contribution in [2.75, 3.05) is 19.0 Å². The minimum absolute atomic E-state index is 0.224. The number of hydrogen-bond donors (Lipinski definition) is 1. The third kappa shape index (κ3) is 3.31. The highest BCUT2D eigenvalue weighted by Crippen LogP contribution is 2.37. The zero-order valence-electron chi connectivity index (χ0n) is 17.2. The number of nitrogens with one attached hydrogen (secondary N) is 1. The van der Waals surface area contributed by atoms with Gasteiger partial charge in [-0.25, -0.2) is 0 Å². The highest BCUT2D eigenvalue weighted by molar-refractivity contribution is 6.10. The molecule has 1 N–H and O–H groups in total. The molecule has 0 radical (unpaired) electrons. The summed E-state index contributed by atoms with van der Waals surface area (Å²) in [5.74, 6) is 0.385. The summed E-state index contributed by atoms with van der Waals surface area (Å²) in [6.45, 7) is 2.74. The van der Waals surface area contributed by atoms with Crippen molar-refractivity contribution in [3.8, 4) is 5.75 Å². The van der Waals surface area contributed by atoms with Gasteiger partial charge in [0.2, 0.25) is 0 Å². The predicted octanol–water partition coefficient (Wildman–Crippen LogP) is 6.13. The summed E-state index contributed by atoms with van der Waals surface area (Å²) in [4.78, 5) is 13.2. The van der Waals surface area contributed by atoms with Crippen LogP contribution in [0, 0.1) is 0 Å². The molecule has 2 aromatic heterocycles. The van der Waals surface area contributed by atoms with Gasteiger partial charge in [-0.15, -0.1) is 0 Å². The van der Waals surface area contributed by atoms with Crippen molar-refractivity contribution in [1.82, 2.24) is 0 Å². The number of hydrogen-bond acceptors (Lipinski definition) is 5. The topological polar surface area (TPSA) is 73.8 Å². The number of methoxy groups -OCH3 is 1. The lowest BCUT2D eigenvalue weighted by Gasteiger charge is -2.10. The number of amides is 1. The second-order valence-corrected chi connectivity index (χ2v) is 7.14. The first-order valence-electron chi connectivity index (χ1n) is 10.1. The van der Waals surface area contributed by atoms with E-state index in [2.05, 4.69) is 5.32 Å². The van der Waals surface area contributed by atoms with Crippen molar-refractivity contribution in [2.24, 2.45) is 0 Å². The number of furan rings is 2. The molecule has 0 spiro atoms. The lowest BCUT2D eigenvalue weighted by atomic mass is 10.1. The van der Waals surface area contributed by atoms with Crippen molar-refractivity contribution in [3.63, 3.8) is 0 Å². The molecular weight excluding hydrogens is 394 g/mol. The van der Waals surface area contributed by atoms with E-state index < -0.39 is 0 Å². The summed E-state index contributed by atoms with van der Waals surface area (Å²) in [6, 6.07) is 19.0. The van der Waals surface area contributed by atoms with Crippen LogP contribution in [0.2, 0.25) is 0 Å². The van der Waals surface area contributed by atoms with E-state index in [1.54, 1.807) is 13.2 Å². The van der Waals surface area contributed by atoms with Crippen LogP contribution in [0.15, 0.2) is 69.5 Å². The Balaban J connectivity index is 1.56. The Hall–Kier alpha value is -3.77. The molecular formula is C25H21NO5. The van der Waals surface area contributed by atoms with E-state index >= 15 is 0 Å². The number of para-hydroxylation sites is 2. The van der Waals surface area contributed by atoms with E-state index in [9.17, 15) is 4.79 Å². The van der Waals surface area contributed by atoms with E-state index in [0.717, 1.165) is 27.3 Å². The molecule has 5 rings (SSSR count). The molecule has 0 atom stereocenters. The Labute approximate surface area is 178 Å². The van der Waals surface area contributed by atoms with Gasteiger partial charge in [0.1, 0.15) is 22.5 Å². The fraction of sp³-hybridized carbons (Fsp3) is 0.160. The minimum Gasteiger partial charge on any atom is -0.495 e. The first-order valence-corrected chi connectivity index (χ1v) is 10.1. The Bertz CT molecular complexity index is 1410. The van der Waals surface area contributed by atoms with Crippen LogP contribution in [-0.4, -0.2) is 19.6 Å². The lowest BCUT2D eigenvalue weighted by Crippen LogP contribution is -2.14. The van der Waals surface area contributed by atoms with Gasteiger partial charge in [0.15, 0.2) is 5.76 Å². The maximum atomic E-state index is 13.2. The third-order valence-electron chi connectivity index (χ3n) is 5.30. The molecule has 156 valence electrons. The molecule has 0 unspecified atom stereocenters. The van der Waals surface area contributed by atoms with E-state index in [4.69, 9.17) is 18.3 Å². The van der Waals surface area contributed by atoms with Crippen LogP contribution in [0.25, 0.3) is 32.9 Å². The Kier molecular flexibility index (Phi) is 4.84. The van der Waals surface area contributed by atoms with Crippen LogP contribution in [0.5, 0.6) is 5.75 Å². The quantitative estimate of drug-likeness (QED) is 0.361. The third-order valence-corrected chi connectivity index (χ3v) is 5.30. The van der Waals surface area contributed by atoms with Crippen LogP contribution < -0.4 is 10.1 Å². The first-order chi connectivity index (χ1) is 15.2. The fourth-order valence-electron chi connectivity index (χ4n) is 3.83. The Morgan fingerprint density at radius 3 is 2.35 bits per heavy atom. The van der Waals surface area contributed by atoms with Gasteiger partial charge >= 0.3 is 0 Å². The molecule has 0 aliphatic heterocycles. The zero-order valence-corrected chi connectivity index (χ0v) is 17.2. The average molecular weight is 415 g/mol. The second-order valence-electron chi connectivity index (χ2n) is 7.14. The van der Waals surface area contributed by atoms with E-state index in [1.807, 2.05) is 61.5 Å². The largest absolute Gasteiger partial charge is 0.495 e. The molecule has 0 saturated carbocycles. The summed E-state index contributed by atoms with van der Waals surface area (Å²) in [6.07, 6.45) is 0. The molecule has 31 heavy (non-hydrogen) atoms. The van der Waals surface area contributed by atoms with Crippen molar-refractivity contribution < 1.29 is 23.1 Å². The van der Waals surface area contributed by atoms with Crippen molar-refractivity contribution in [1.29, 1.82) is 0 Å². The predicted molar refractivity (Wildman–Crippen MR) is 120 cm³/mol. The average Bonchev–Trinajstić information content (AvgIpc) is 3.35. The number of carbonyl (C=O) groups is 1. The molecule has 5 aromatic rings. The van der Waals surface area contributed by atoms with E-state index in [1.165, 1.54) is 0 Å². The van der Waals surface area contributed by atoms with Gasteiger partial charge in [-0.2, -0.15) is 0 Å². The normalized spacial score (nSPS) is 11.4. The SMILES string of the molecule is CCOCc1c(C(=O)Nc2cc3oc4ccccc4c3cc2OC)oc2ccccc12. The standard InChI is InChI=1S/C25H21NO5/c1-3-29-14-18-16-9-5-7-11-21(16)31-24(18)25(27)26-19-13-22-17(12-23(19)28-2)15-8-4-6-10-20(15)30-22/h4-13H,3,14H2,1-2H3,(H,26,27). The molecule has 0 saturated heterocycles. The summed E-state index contributed by atoms with van der Waals surface area (Å²) in [5, 5.41) is 5.69. The molecule has 1 amide bonds. The fourth-order valence-corrected chi connectivity index (χ4v) is 3.83. The smallest absolute Gasteiger partial charge is 0.291 e. The van der Waals surface area contributed by atoms with Crippen LogP contribution >= 0.6 is 0 Å². The molecule has 6 nitrogen and oxygen atoms in total. The highest BCUT2D eigenvalue weighted by Gasteiger charge is 2.22. The molecule has 0 aliphatic rings. The molecule has 3 aromatic carbocycles. The number of carbonyl (C=O) groups excluding carboxylic acids is 1. The monoisotopic (exact) mass is 415 g/mol. The van der Waals surface area contributed by atoms with Crippen LogP contribution in [-0.2, 0) is 11.3 Å². The highest BCUT2D eigenvalue weighted by atomic mass is 16.5.